The molecule has 4 heterocycles. The summed E-state index contributed by atoms with van der Waals surface area (Å²) >= 11 is 0. The van der Waals surface area contributed by atoms with Crippen molar-refractivity contribution in [3.63, 3.8) is 0 Å². The summed E-state index contributed by atoms with van der Waals surface area (Å²) in [6.45, 7) is 0. The van der Waals surface area contributed by atoms with Crippen LogP contribution in [0.5, 0.6) is 11.5 Å². The van der Waals surface area contributed by atoms with Crippen molar-refractivity contribution in [1.82, 2.24) is 9.97 Å². The first-order chi connectivity index (χ1) is 31.1. The largest absolute Gasteiger partial charge is 0.453 e. The Labute approximate surface area is 364 Å². The summed E-state index contributed by atoms with van der Waals surface area (Å²) in [4.78, 5) is 16.8. The van der Waals surface area contributed by atoms with E-state index in [2.05, 4.69) is 148 Å². The van der Waals surface area contributed by atoms with Gasteiger partial charge < -0.3 is 19.4 Å². The quantitative estimate of drug-likeness (QED) is 0.170. The van der Waals surface area contributed by atoms with E-state index in [-0.39, 0.29) is 0 Å². The molecule has 2 aromatic heterocycles. The van der Waals surface area contributed by atoms with E-state index in [1.54, 1.807) is 12.4 Å². The molecule has 0 unspecified atom stereocenters. The van der Waals surface area contributed by atoms with Crippen LogP contribution in [0.15, 0.2) is 200 Å². The van der Waals surface area contributed by atoms with Crippen molar-refractivity contribution in [2.75, 3.05) is 14.7 Å². The Morgan fingerprint density at radius 3 is 1.46 bits per heavy atom. The first-order valence-electron chi connectivity index (χ1n) is 20.7. The lowest BCUT2D eigenvalue weighted by Crippen LogP contribution is -2.37. The van der Waals surface area contributed by atoms with Crippen molar-refractivity contribution in [2.45, 2.75) is 5.41 Å². The van der Waals surface area contributed by atoms with E-state index in [9.17, 15) is 10.5 Å². The summed E-state index contributed by atoms with van der Waals surface area (Å²) in [5.41, 5.74) is 13.1. The number of pyridine rings is 2. The Bertz CT molecular complexity index is 3230. The minimum atomic E-state index is -1.11. The third-order valence-electron chi connectivity index (χ3n) is 12.3. The highest BCUT2D eigenvalue weighted by Crippen LogP contribution is 2.64. The van der Waals surface area contributed by atoms with Crippen LogP contribution in [0.3, 0.4) is 0 Å². The lowest BCUT2D eigenvalue weighted by molar-refractivity contribution is 0.477. The maximum Gasteiger partial charge on any atom is 0.151 e. The van der Waals surface area contributed by atoms with Gasteiger partial charge in [0.25, 0.3) is 0 Å². The number of aromatic nitrogens is 2. The number of benzene rings is 7. The molecule has 1 aliphatic carbocycles. The van der Waals surface area contributed by atoms with Crippen LogP contribution < -0.4 is 19.4 Å². The zero-order valence-corrected chi connectivity index (χ0v) is 33.6. The zero-order valence-electron chi connectivity index (χ0n) is 33.6. The molecule has 8 nitrogen and oxygen atoms in total. The van der Waals surface area contributed by atoms with Crippen molar-refractivity contribution in [1.29, 1.82) is 10.5 Å². The fourth-order valence-electron chi connectivity index (χ4n) is 9.76. The second-order valence-electron chi connectivity index (χ2n) is 15.7. The third kappa shape index (κ3) is 5.32. The van der Waals surface area contributed by atoms with Gasteiger partial charge in [0.2, 0.25) is 0 Å². The van der Waals surface area contributed by atoms with Crippen molar-refractivity contribution in [3.05, 3.63) is 234 Å². The molecule has 9 aromatic rings. The molecule has 0 saturated heterocycles. The van der Waals surface area contributed by atoms with Crippen molar-refractivity contribution in [3.8, 4) is 35.0 Å². The molecule has 0 bridgehead atoms. The molecule has 8 heteroatoms. The predicted octanol–water partition coefficient (Wildman–Crippen LogP) is 13.4. The normalized spacial score (nSPS) is 13.2. The van der Waals surface area contributed by atoms with Gasteiger partial charge in [0.1, 0.15) is 12.1 Å². The second kappa shape index (κ2) is 14.1. The maximum absolute atomic E-state index is 10.5. The summed E-state index contributed by atoms with van der Waals surface area (Å²) in [5.74, 6) is 1.49. The lowest BCUT2D eigenvalue weighted by Gasteiger charge is -2.46. The number of fused-ring (bicyclic) bond motifs is 11. The molecule has 0 fully saturated rings. The molecular formula is C55H33N7O. The van der Waals surface area contributed by atoms with Gasteiger partial charge in [-0.2, -0.15) is 10.5 Å². The number of nitriles is 2. The zero-order chi connectivity index (χ0) is 42.1. The van der Waals surface area contributed by atoms with Crippen LogP contribution in [0.2, 0.25) is 0 Å². The highest BCUT2D eigenvalue weighted by Gasteiger charge is 2.54. The molecule has 12 rings (SSSR count). The molecular weight excluding hydrogens is 775 g/mol. The minimum Gasteiger partial charge on any atom is -0.453 e. The minimum absolute atomic E-state index is 0.425. The van der Waals surface area contributed by atoms with Gasteiger partial charge >= 0.3 is 0 Å². The van der Waals surface area contributed by atoms with Gasteiger partial charge in [-0.25, -0.2) is 0 Å². The van der Waals surface area contributed by atoms with Crippen LogP contribution >= 0.6 is 0 Å². The van der Waals surface area contributed by atoms with Gasteiger partial charge in [0, 0.05) is 52.0 Å². The van der Waals surface area contributed by atoms with E-state index in [1.165, 1.54) is 0 Å². The maximum atomic E-state index is 10.5. The van der Waals surface area contributed by atoms with Gasteiger partial charge in [-0.1, -0.05) is 78.9 Å². The van der Waals surface area contributed by atoms with Crippen LogP contribution in [0.1, 0.15) is 33.4 Å². The summed E-state index contributed by atoms with van der Waals surface area (Å²) in [6, 6.07) is 69.3. The van der Waals surface area contributed by atoms with Gasteiger partial charge in [-0.15, -0.1) is 0 Å². The Morgan fingerprint density at radius 1 is 0.429 bits per heavy atom. The Morgan fingerprint density at radius 2 is 0.905 bits per heavy atom. The highest BCUT2D eigenvalue weighted by atomic mass is 16.5. The standard InChI is InChI=1S/C55H33N7O/c56-32-36-28-45-53(58-34-36)54-46(29-37(33-57)35-59-54)55(45)43-30-41(60(38-14-4-1-5-15-38)39-16-6-2-7-17-39)24-26-47(43)61(40-18-8-3-9-19-40)48-27-25-42(31-44(48)55)62-49-20-10-12-22-51(49)63-52-23-13-11-21-50(52)62/h1-31,34-35H. The van der Waals surface area contributed by atoms with Crippen LogP contribution in [0.25, 0.3) is 11.4 Å². The number of hydrogen-bond donors (Lipinski definition) is 0. The van der Waals surface area contributed by atoms with Crippen LogP contribution in [-0.4, -0.2) is 9.97 Å². The number of rotatable bonds is 5. The molecule has 1 spiro atoms. The van der Waals surface area contributed by atoms with E-state index in [0.717, 1.165) is 84.9 Å². The molecule has 0 atom stereocenters. The van der Waals surface area contributed by atoms with Gasteiger partial charge in [-0.3, -0.25) is 9.97 Å². The Kier molecular flexibility index (Phi) is 8.02. The molecule has 7 aromatic carbocycles. The van der Waals surface area contributed by atoms with E-state index in [4.69, 9.17) is 14.7 Å². The van der Waals surface area contributed by atoms with Crippen LogP contribution in [0, 0.1) is 22.7 Å². The van der Waals surface area contributed by atoms with Gasteiger partial charge in [-0.05, 0) is 120 Å². The van der Waals surface area contributed by atoms with Crippen LogP contribution in [-0.2, 0) is 5.41 Å². The van der Waals surface area contributed by atoms with Crippen molar-refractivity contribution >= 4 is 51.2 Å². The van der Waals surface area contributed by atoms with Crippen molar-refractivity contribution < 1.29 is 4.74 Å². The summed E-state index contributed by atoms with van der Waals surface area (Å²) in [6.07, 6.45) is 3.23. The van der Waals surface area contributed by atoms with E-state index >= 15 is 0 Å². The molecule has 0 saturated carbocycles. The van der Waals surface area contributed by atoms with Gasteiger partial charge in [0.05, 0.1) is 50.7 Å². The number of nitrogens with zero attached hydrogens (tertiary/aromatic N) is 7. The summed E-state index contributed by atoms with van der Waals surface area (Å²) < 4.78 is 6.48. The Balaban J connectivity index is 1.23. The van der Waals surface area contributed by atoms with E-state index in [1.807, 2.05) is 66.7 Å². The number of para-hydroxylation sites is 7. The lowest BCUT2D eigenvalue weighted by atomic mass is 9.64. The average molecular weight is 808 g/mol. The SMILES string of the molecule is N#Cc1cnc2c(c1)C1(c3cc(N(c4ccccc4)c4ccccc4)ccc3N(c3ccccc3)c3ccc(N4c5ccccc5Oc5ccccc54)cc31)c1cc(C#N)cnc1-2. The van der Waals surface area contributed by atoms with Crippen molar-refractivity contribution in [2.24, 2.45) is 0 Å². The molecule has 63 heavy (non-hydrogen) atoms. The monoisotopic (exact) mass is 807 g/mol. The molecule has 0 radical (unpaired) electrons. The molecule has 294 valence electrons. The molecule has 3 aliphatic rings. The smallest absolute Gasteiger partial charge is 0.151 e. The van der Waals surface area contributed by atoms with E-state index in [0.29, 0.717) is 22.5 Å². The van der Waals surface area contributed by atoms with Gasteiger partial charge in [0.15, 0.2) is 11.5 Å². The third-order valence-corrected chi connectivity index (χ3v) is 12.3. The van der Waals surface area contributed by atoms with Crippen LogP contribution in [0.4, 0.5) is 51.2 Å². The van der Waals surface area contributed by atoms with E-state index < -0.39 is 5.41 Å². The number of hydrogen-bond acceptors (Lipinski definition) is 8. The first-order valence-corrected chi connectivity index (χ1v) is 20.7. The second-order valence-corrected chi connectivity index (χ2v) is 15.7. The average Bonchev–Trinajstić information content (AvgIpc) is 3.63. The number of ether oxygens (including phenoxy) is 1. The molecule has 0 amide bonds. The fourth-order valence-corrected chi connectivity index (χ4v) is 9.76. The topological polar surface area (TPSA) is 92.3 Å². The Hall–Kier alpha value is -8.98. The summed E-state index contributed by atoms with van der Waals surface area (Å²) in [7, 11) is 0. The first kappa shape index (κ1) is 35.9. The number of anilines is 9. The fraction of sp³-hybridized carbons (Fsp3) is 0.0182. The predicted molar refractivity (Wildman–Crippen MR) is 246 cm³/mol. The highest BCUT2D eigenvalue weighted by molar-refractivity contribution is 5.98. The molecule has 0 N–H and O–H groups in total. The molecule has 2 aliphatic heterocycles. The summed E-state index contributed by atoms with van der Waals surface area (Å²) in [5, 5.41) is 21.0.